The number of nitriles is 1. The highest BCUT2D eigenvalue weighted by atomic mass is 16.5. The molecule has 6 heteroatoms. The third-order valence-corrected chi connectivity index (χ3v) is 6.42. The van der Waals surface area contributed by atoms with E-state index in [-0.39, 0.29) is 12.0 Å². The summed E-state index contributed by atoms with van der Waals surface area (Å²) in [6, 6.07) is 2.77. The van der Waals surface area contributed by atoms with Crippen molar-refractivity contribution in [3.63, 3.8) is 0 Å². The van der Waals surface area contributed by atoms with Crippen LogP contribution in [0, 0.1) is 29.1 Å². The average molecular weight is 443 g/mol. The number of methoxy groups -OCH3 is 1. The van der Waals surface area contributed by atoms with E-state index in [0.717, 1.165) is 63.1 Å². The lowest BCUT2D eigenvalue weighted by Gasteiger charge is -2.29. The molecule has 1 aromatic rings. The van der Waals surface area contributed by atoms with Crippen LogP contribution in [-0.4, -0.2) is 42.9 Å². The maximum atomic E-state index is 9.14. The number of hydrogen-bond donors (Lipinski definition) is 0. The molecule has 0 aromatic carbocycles. The molecule has 1 heterocycles. The predicted molar refractivity (Wildman–Crippen MR) is 130 cm³/mol. The molecule has 6 nitrogen and oxygen atoms in total. The first-order chi connectivity index (χ1) is 15.5. The normalized spacial score (nSPS) is 21.2. The van der Waals surface area contributed by atoms with E-state index < -0.39 is 0 Å². The van der Waals surface area contributed by atoms with Crippen LogP contribution in [0.25, 0.3) is 0 Å². The van der Waals surface area contributed by atoms with Gasteiger partial charge in [-0.25, -0.2) is 0 Å². The van der Waals surface area contributed by atoms with Gasteiger partial charge in [-0.2, -0.15) is 15.2 Å². The van der Waals surface area contributed by atoms with E-state index in [0.29, 0.717) is 30.9 Å². The molecule has 2 rings (SSSR count). The zero-order valence-electron chi connectivity index (χ0n) is 20.8. The van der Waals surface area contributed by atoms with Crippen LogP contribution in [0.1, 0.15) is 71.1 Å². The molecule has 178 valence electrons. The van der Waals surface area contributed by atoms with Crippen LogP contribution in [0.5, 0.6) is 6.01 Å². The lowest BCUT2D eigenvalue weighted by Crippen LogP contribution is -2.32. The molecule has 1 aliphatic carbocycles. The number of aryl methyl sites for hydroxylation is 1. The predicted octanol–water partition coefficient (Wildman–Crippen LogP) is 5.36. The Hall–Kier alpha value is -2.13. The summed E-state index contributed by atoms with van der Waals surface area (Å²) in [4.78, 5) is 12.1. The fourth-order valence-corrected chi connectivity index (χ4v) is 4.73. The maximum absolute atomic E-state index is 9.14. The molecule has 0 N–H and O–H groups in total. The number of ether oxygens (including phenoxy) is 2. The molecule has 1 aromatic heterocycles. The van der Waals surface area contributed by atoms with Gasteiger partial charge in [-0.1, -0.05) is 40.2 Å². The topological polar surface area (TPSA) is 71.3 Å². The Labute approximate surface area is 195 Å². The SMILES string of the molecule is C=CC1C[C@H](OC)C[C@H]1COc1nc(CC)c(CCC)c(N(CCC)C[C@@H](C)CC#N)n1. The van der Waals surface area contributed by atoms with Gasteiger partial charge in [0.05, 0.1) is 24.5 Å². The summed E-state index contributed by atoms with van der Waals surface area (Å²) in [5.41, 5.74) is 2.30. The van der Waals surface area contributed by atoms with Crippen LogP contribution in [0.4, 0.5) is 5.82 Å². The zero-order chi connectivity index (χ0) is 23.5. The van der Waals surface area contributed by atoms with E-state index in [4.69, 9.17) is 24.7 Å². The molecule has 4 atom stereocenters. The molecule has 0 bridgehead atoms. The summed E-state index contributed by atoms with van der Waals surface area (Å²) >= 11 is 0. The number of hydrogen-bond acceptors (Lipinski definition) is 6. The van der Waals surface area contributed by atoms with Gasteiger partial charge in [0.1, 0.15) is 5.82 Å². The number of aromatic nitrogens is 2. The average Bonchev–Trinajstić information content (AvgIpc) is 3.20. The van der Waals surface area contributed by atoms with Crippen molar-refractivity contribution < 1.29 is 9.47 Å². The number of allylic oxidation sites excluding steroid dienone is 1. The van der Waals surface area contributed by atoms with Gasteiger partial charge in [-0.05, 0) is 43.9 Å². The monoisotopic (exact) mass is 442 g/mol. The minimum atomic E-state index is 0.267. The van der Waals surface area contributed by atoms with Crippen molar-refractivity contribution in [3.8, 4) is 12.1 Å². The Bertz CT molecular complexity index is 761. The molecule has 32 heavy (non-hydrogen) atoms. The molecule has 0 aliphatic heterocycles. The van der Waals surface area contributed by atoms with Gasteiger partial charge in [-0.3, -0.25) is 0 Å². The van der Waals surface area contributed by atoms with Gasteiger partial charge in [0, 0.05) is 38.1 Å². The molecule has 0 saturated heterocycles. The fourth-order valence-electron chi connectivity index (χ4n) is 4.73. The van der Waals surface area contributed by atoms with Crippen molar-refractivity contribution in [2.24, 2.45) is 17.8 Å². The number of anilines is 1. The molecule has 0 amide bonds. The molecular formula is C26H42N4O2. The first kappa shape index (κ1) is 26.1. The number of nitrogens with zero attached hydrogens (tertiary/aromatic N) is 4. The van der Waals surface area contributed by atoms with Crippen molar-refractivity contribution in [3.05, 3.63) is 23.9 Å². The Morgan fingerprint density at radius 3 is 2.62 bits per heavy atom. The minimum Gasteiger partial charge on any atom is -0.463 e. The molecule has 1 aliphatic rings. The van der Waals surface area contributed by atoms with Gasteiger partial charge >= 0.3 is 6.01 Å². The van der Waals surface area contributed by atoms with E-state index in [1.807, 2.05) is 6.08 Å². The van der Waals surface area contributed by atoms with E-state index in [1.54, 1.807) is 7.11 Å². The van der Waals surface area contributed by atoms with Crippen LogP contribution in [-0.2, 0) is 17.6 Å². The second-order valence-corrected chi connectivity index (χ2v) is 9.07. The molecule has 0 radical (unpaired) electrons. The quantitative estimate of drug-likeness (QED) is 0.361. The lowest BCUT2D eigenvalue weighted by molar-refractivity contribution is 0.101. The van der Waals surface area contributed by atoms with Crippen LogP contribution in [0.3, 0.4) is 0 Å². The van der Waals surface area contributed by atoms with E-state index in [1.165, 1.54) is 5.56 Å². The van der Waals surface area contributed by atoms with Crippen molar-refractivity contribution >= 4 is 5.82 Å². The summed E-state index contributed by atoms with van der Waals surface area (Å²) in [5, 5.41) is 9.14. The summed E-state index contributed by atoms with van der Waals surface area (Å²) in [6.07, 6.45) is 8.67. The summed E-state index contributed by atoms with van der Waals surface area (Å²) in [6.45, 7) is 14.9. The van der Waals surface area contributed by atoms with Crippen LogP contribution >= 0.6 is 0 Å². The summed E-state index contributed by atoms with van der Waals surface area (Å²) in [5.74, 6) is 2.03. The van der Waals surface area contributed by atoms with Gasteiger partial charge < -0.3 is 14.4 Å². The molecule has 1 unspecified atom stereocenters. The standard InChI is InChI=1S/C26H42N4O2/c1-7-11-23-24(10-4)28-26(32-18-21-16-22(31-6)15-20(21)9-3)29-25(23)30(14-8-2)17-19(5)12-13-27/h9,19-22H,3,7-8,10-12,14-18H2,1-2,4-6H3/t19-,20?,21-,22-/m0/s1. The Morgan fingerprint density at radius 2 is 2.03 bits per heavy atom. The van der Waals surface area contributed by atoms with Crippen molar-refractivity contribution in [2.75, 3.05) is 31.7 Å². The molecule has 0 spiro atoms. The third kappa shape index (κ3) is 6.93. The van der Waals surface area contributed by atoms with Gasteiger partial charge in [0.2, 0.25) is 0 Å². The third-order valence-electron chi connectivity index (χ3n) is 6.42. The van der Waals surface area contributed by atoms with Crippen molar-refractivity contribution in [1.82, 2.24) is 9.97 Å². The highest BCUT2D eigenvalue weighted by Crippen LogP contribution is 2.35. The van der Waals surface area contributed by atoms with Crippen LogP contribution in [0.2, 0.25) is 0 Å². The second-order valence-electron chi connectivity index (χ2n) is 9.07. The minimum absolute atomic E-state index is 0.267. The van der Waals surface area contributed by atoms with E-state index in [9.17, 15) is 0 Å². The molecule has 1 fully saturated rings. The first-order valence-electron chi connectivity index (χ1n) is 12.3. The second kappa shape index (κ2) is 13.4. The van der Waals surface area contributed by atoms with Crippen molar-refractivity contribution in [1.29, 1.82) is 5.26 Å². The van der Waals surface area contributed by atoms with E-state index >= 15 is 0 Å². The fraction of sp³-hybridized carbons (Fsp3) is 0.731. The Morgan fingerprint density at radius 1 is 1.25 bits per heavy atom. The Balaban J connectivity index is 2.32. The molecular weight excluding hydrogens is 400 g/mol. The summed E-state index contributed by atoms with van der Waals surface area (Å²) < 4.78 is 11.8. The molecule has 1 saturated carbocycles. The van der Waals surface area contributed by atoms with Gasteiger partial charge in [0.15, 0.2) is 0 Å². The maximum Gasteiger partial charge on any atom is 0.318 e. The summed E-state index contributed by atoms with van der Waals surface area (Å²) in [7, 11) is 1.78. The smallest absolute Gasteiger partial charge is 0.318 e. The number of rotatable bonds is 14. The highest BCUT2D eigenvalue weighted by molar-refractivity contribution is 5.50. The Kier molecular flexibility index (Phi) is 11.0. The van der Waals surface area contributed by atoms with E-state index in [2.05, 4.69) is 45.2 Å². The van der Waals surface area contributed by atoms with Crippen LogP contribution in [0.15, 0.2) is 12.7 Å². The highest BCUT2D eigenvalue weighted by Gasteiger charge is 2.33. The van der Waals surface area contributed by atoms with Gasteiger partial charge in [0.25, 0.3) is 0 Å². The first-order valence-corrected chi connectivity index (χ1v) is 12.3. The van der Waals surface area contributed by atoms with Gasteiger partial charge in [-0.15, -0.1) is 6.58 Å². The van der Waals surface area contributed by atoms with Crippen molar-refractivity contribution in [2.45, 2.75) is 78.7 Å². The van der Waals surface area contributed by atoms with Crippen LogP contribution < -0.4 is 9.64 Å². The zero-order valence-corrected chi connectivity index (χ0v) is 20.8. The largest absolute Gasteiger partial charge is 0.463 e. The lowest BCUT2D eigenvalue weighted by atomic mass is 9.97.